The van der Waals surface area contributed by atoms with Crippen LogP contribution >= 0.6 is 34.7 Å². The zero-order valence-corrected chi connectivity index (χ0v) is 18.9. The number of anilines is 1. The Bertz CT molecular complexity index is 1290. The lowest BCUT2D eigenvalue weighted by Gasteiger charge is -2.07. The molecular formula is C23H18ClN3O2S2. The van der Waals surface area contributed by atoms with Crippen LogP contribution in [0.3, 0.4) is 0 Å². The van der Waals surface area contributed by atoms with E-state index in [1.54, 1.807) is 12.1 Å². The van der Waals surface area contributed by atoms with Gasteiger partial charge in [0.1, 0.15) is 5.00 Å². The largest absolute Gasteiger partial charge is 0.366 e. The van der Waals surface area contributed by atoms with Crippen LogP contribution in [0, 0.1) is 6.92 Å². The molecule has 0 aliphatic heterocycles. The smallest absolute Gasteiger partial charge is 0.251 e. The lowest BCUT2D eigenvalue weighted by Crippen LogP contribution is -2.17. The number of aryl methyl sites for hydroxylation is 1. The molecule has 0 radical (unpaired) electrons. The van der Waals surface area contributed by atoms with Crippen molar-refractivity contribution in [3.05, 3.63) is 76.8 Å². The minimum Gasteiger partial charge on any atom is -0.366 e. The standard InChI is InChI=1S/C23H18ClN3O2S2/c1-13-9-21(26-18-8-7-15(24)10-16(13)18)30-12-20(28)27-23-17(22(25)29)11-19(31-23)14-5-3-2-4-6-14/h2-11H,12H2,1H3,(H2,25,29)(H,27,28). The van der Waals surface area contributed by atoms with Crippen LogP contribution in [0.4, 0.5) is 5.00 Å². The minimum atomic E-state index is -0.577. The Labute approximate surface area is 192 Å². The molecular weight excluding hydrogens is 450 g/mol. The molecule has 0 aliphatic carbocycles. The molecule has 8 heteroatoms. The maximum absolute atomic E-state index is 12.6. The third-order valence-electron chi connectivity index (χ3n) is 4.61. The predicted octanol–water partition coefficient (Wildman–Crippen LogP) is 5.75. The minimum absolute atomic E-state index is 0.155. The monoisotopic (exact) mass is 467 g/mol. The van der Waals surface area contributed by atoms with Gasteiger partial charge in [0.15, 0.2) is 0 Å². The van der Waals surface area contributed by atoms with E-state index in [0.29, 0.717) is 15.6 Å². The highest BCUT2D eigenvalue weighted by Gasteiger charge is 2.17. The fraction of sp³-hybridized carbons (Fsp3) is 0.0870. The number of thiophene rings is 1. The van der Waals surface area contributed by atoms with E-state index < -0.39 is 5.91 Å². The third-order valence-corrected chi connectivity index (χ3v) is 6.86. The number of carbonyl (C=O) groups is 2. The highest BCUT2D eigenvalue weighted by molar-refractivity contribution is 7.99. The van der Waals surface area contributed by atoms with Crippen LogP contribution in [-0.4, -0.2) is 22.6 Å². The molecule has 0 saturated carbocycles. The van der Waals surface area contributed by atoms with Gasteiger partial charge in [0.05, 0.1) is 21.9 Å². The number of pyridine rings is 1. The number of nitrogens with two attached hydrogens (primary N) is 1. The highest BCUT2D eigenvalue weighted by atomic mass is 35.5. The third kappa shape index (κ3) is 4.90. The number of thioether (sulfide) groups is 1. The Hall–Kier alpha value is -2.87. The summed E-state index contributed by atoms with van der Waals surface area (Å²) in [5.41, 5.74) is 8.65. The maximum atomic E-state index is 12.6. The van der Waals surface area contributed by atoms with Gasteiger partial charge in [-0.25, -0.2) is 4.98 Å². The van der Waals surface area contributed by atoms with Crippen LogP contribution in [0.1, 0.15) is 15.9 Å². The molecule has 31 heavy (non-hydrogen) atoms. The van der Waals surface area contributed by atoms with E-state index in [9.17, 15) is 9.59 Å². The zero-order chi connectivity index (χ0) is 22.0. The summed E-state index contributed by atoms with van der Waals surface area (Å²) in [5.74, 6) is -0.654. The van der Waals surface area contributed by atoms with E-state index in [-0.39, 0.29) is 11.7 Å². The van der Waals surface area contributed by atoms with Gasteiger partial charge in [0.2, 0.25) is 5.91 Å². The first-order chi connectivity index (χ1) is 14.9. The normalized spacial score (nSPS) is 10.9. The number of rotatable bonds is 6. The van der Waals surface area contributed by atoms with Crippen molar-refractivity contribution in [2.45, 2.75) is 11.9 Å². The average Bonchev–Trinajstić information content (AvgIpc) is 3.17. The lowest BCUT2D eigenvalue weighted by molar-refractivity contribution is -0.113. The number of hydrogen-bond acceptors (Lipinski definition) is 5. The SMILES string of the molecule is Cc1cc(SCC(=O)Nc2sc(-c3ccccc3)cc2C(N)=O)nc2ccc(Cl)cc12. The summed E-state index contributed by atoms with van der Waals surface area (Å²) in [6, 6.07) is 18.8. The number of nitrogens with zero attached hydrogens (tertiary/aromatic N) is 1. The molecule has 0 fully saturated rings. The van der Waals surface area contributed by atoms with Crippen molar-refractivity contribution in [1.29, 1.82) is 0 Å². The second-order valence-corrected chi connectivity index (χ2v) is 9.34. The van der Waals surface area contributed by atoms with Gasteiger partial charge in [0.25, 0.3) is 5.91 Å². The molecule has 4 rings (SSSR count). The summed E-state index contributed by atoms with van der Waals surface area (Å²) >= 11 is 8.73. The van der Waals surface area contributed by atoms with E-state index in [1.165, 1.54) is 23.1 Å². The molecule has 2 amide bonds. The van der Waals surface area contributed by atoms with Crippen molar-refractivity contribution in [3.8, 4) is 10.4 Å². The predicted molar refractivity (Wildman–Crippen MR) is 129 cm³/mol. The molecule has 2 aromatic heterocycles. The van der Waals surface area contributed by atoms with Gasteiger partial charge in [0, 0.05) is 15.3 Å². The fourth-order valence-electron chi connectivity index (χ4n) is 3.12. The number of halogens is 1. The number of hydrogen-bond donors (Lipinski definition) is 2. The van der Waals surface area contributed by atoms with Gasteiger partial charge in [-0.2, -0.15) is 0 Å². The summed E-state index contributed by atoms with van der Waals surface area (Å²) in [5, 5.41) is 5.67. The summed E-state index contributed by atoms with van der Waals surface area (Å²) in [4.78, 5) is 29.9. The molecule has 156 valence electrons. The Balaban J connectivity index is 1.49. The lowest BCUT2D eigenvalue weighted by atomic mass is 10.1. The van der Waals surface area contributed by atoms with Crippen molar-refractivity contribution < 1.29 is 9.59 Å². The van der Waals surface area contributed by atoms with Gasteiger partial charge in [-0.3, -0.25) is 9.59 Å². The Morgan fingerprint density at radius 3 is 2.65 bits per heavy atom. The number of primary amides is 1. The first kappa shape index (κ1) is 21.4. The van der Waals surface area contributed by atoms with Crippen molar-refractivity contribution in [1.82, 2.24) is 4.98 Å². The van der Waals surface area contributed by atoms with E-state index in [1.807, 2.05) is 55.5 Å². The number of aromatic nitrogens is 1. The van der Waals surface area contributed by atoms with Crippen molar-refractivity contribution >= 4 is 62.4 Å². The second kappa shape index (κ2) is 9.09. The van der Waals surface area contributed by atoms with Crippen molar-refractivity contribution in [3.63, 3.8) is 0 Å². The molecule has 0 atom stereocenters. The maximum Gasteiger partial charge on any atom is 0.251 e. The van der Waals surface area contributed by atoms with Crippen LogP contribution in [0.25, 0.3) is 21.3 Å². The molecule has 2 heterocycles. The molecule has 0 bridgehead atoms. The van der Waals surface area contributed by atoms with E-state index >= 15 is 0 Å². The van der Waals surface area contributed by atoms with Crippen molar-refractivity contribution in [2.24, 2.45) is 5.73 Å². The summed E-state index contributed by atoms with van der Waals surface area (Å²) in [7, 11) is 0. The second-order valence-electron chi connectivity index (χ2n) is 6.86. The summed E-state index contributed by atoms with van der Waals surface area (Å²) in [6.07, 6.45) is 0. The van der Waals surface area contributed by atoms with E-state index in [2.05, 4.69) is 10.3 Å². The molecule has 5 nitrogen and oxygen atoms in total. The summed E-state index contributed by atoms with van der Waals surface area (Å²) in [6.45, 7) is 1.99. The molecule has 4 aromatic rings. The number of carbonyl (C=O) groups excluding carboxylic acids is 2. The Morgan fingerprint density at radius 2 is 1.90 bits per heavy atom. The van der Waals surface area contributed by atoms with Crippen molar-refractivity contribution in [2.75, 3.05) is 11.1 Å². The van der Waals surface area contributed by atoms with Crippen LogP contribution in [-0.2, 0) is 4.79 Å². The van der Waals surface area contributed by atoms with Gasteiger partial charge in [-0.15, -0.1) is 11.3 Å². The van der Waals surface area contributed by atoms with Gasteiger partial charge in [-0.05, 0) is 48.4 Å². The van der Waals surface area contributed by atoms with E-state index in [4.69, 9.17) is 17.3 Å². The summed E-state index contributed by atoms with van der Waals surface area (Å²) < 4.78 is 0. The molecule has 3 N–H and O–H groups in total. The number of benzene rings is 2. The molecule has 0 aliphatic rings. The van der Waals surface area contributed by atoms with Crippen LogP contribution < -0.4 is 11.1 Å². The Morgan fingerprint density at radius 1 is 1.13 bits per heavy atom. The Kier molecular flexibility index (Phi) is 6.27. The number of nitrogens with one attached hydrogen (secondary N) is 1. The number of amides is 2. The van der Waals surface area contributed by atoms with Gasteiger partial charge >= 0.3 is 0 Å². The van der Waals surface area contributed by atoms with E-state index in [0.717, 1.165) is 31.9 Å². The fourth-order valence-corrected chi connectivity index (χ4v) is 5.15. The molecule has 0 saturated heterocycles. The first-order valence-corrected chi connectivity index (χ1v) is 11.6. The topological polar surface area (TPSA) is 85.1 Å². The molecule has 0 unspecified atom stereocenters. The zero-order valence-electron chi connectivity index (χ0n) is 16.5. The van der Waals surface area contributed by atoms with Crippen LogP contribution in [0.15, 0.2) is 65.7 Å². The van der Waals surface area contributed by atoms with Crippen LogP contribution in [0.2, 0.25) is 5.02 Å². The quantitative estimate of drug-likeness (QED) is 0.353. The van der Waals surface area contributed by atoms with Gasteiger partial charge < -0.3 is 11.1 Å². The van der Waals surface area contributed by atoms with Gasteiger partial charge in [-0.1, -0.05) is 53.7 Å². The first-order valence-electron chi connectivity index (χ1n) is 9.39. The number of fused-ring (bicyclic) bond motifs is 1. The van der Waals surface area contributed by atoms with Crippen LogP contribution in [0.5, 0.6) is 0 Å². The molecule has 2 aromatic carbocycles. The average molecular weight is 468 g/mol. The molecule has 0 spiro atoms. The highest BCUT2D eigenvalue weighted by Crippen LogP contribution is 2.35.